The second-order valence-corrected chi connectivity index (χ2v) is 8.69. The van der Waals surface area contributed by atoms with Crippen LogP contribution in [0.1, 0.15) is 26.9 Å². The molecule has 1 unspecified atom stereocenters. The van der Waals surface area contributed by atoms with Crippen molar-refractivity contribution in [1.82, 2.24) is 19.5 Å². The molecule has 0 aliphatic carbocycles. The molecule has 0 amide bonds. The molecular formula is C21H34N5O2P2Y3-3. The van der Waals surface area contributed by atoms with E-state index < -0.39 is 7.80 Å². The van der Waals surface area contributed by atoms with Crippen molar-refractivity contribution in [2.24, 2.45) is 0 Å². The molecule has 3 rings (SSSR count). The molecule has 1 atom stereocenters. The van der Waals surface area contributed by atoms with Crippen LogP contribution < -0.4 is 5.32 Å². The number of anilines is 2. The van der Waals surface area contributed by atoms with Crippen LogP contribution in [0.5, 0.6) is 0 Å². The molecule has 0 saturated carbocycles. The fraction of sp³-hybridized carbons (Fsp3) is 0.333. The van der Waals surface area contributed by atoms with Crippen LogP contribution >= 0.6 is 16.3 Å². The van der Waals surface area contributed by atoms with Crippen molar-refractivity contribution in [2.75, 3.05) is 17.9 Å². The first kappa shape index (κ1) is 41.3. The van der Waals surface area contributed by atoms with Gasteiger partial charge in [0.25, 0.3) is 0 Å². The van der Waals surface area contributed by atoms with Crippen LogP contribution in [0, 0.1) is 29.2 Å². The van der Waals surface area contributed by atoms with Crippen LogP contribution in [0.3, 0.4) is 0 Å². The molecule has 0 aliphatic rings. The second kappa shape index (κ2) is 23.6. The summed E-state index contributed by atoms with van der Waals surface area (Å²) in [5.74, 6) is 2.54. The number of nitrogens with zero attached hydrogens (tertiary/aromatic N) is 4. The fourth-order valence-electron chi connectivity index (χ4n) is 2.42. The maximum atomic E-state index is 10.0. The number of aryl methyl sites for hydroxylation is 3. The zero-order valence-corrected chi connectivity index (χ0v) is 30.9. The van der Waals surface area contributed by atoms with E-state index in [1.54, 1.807) is 6.66 Å². The maximum Gasteiger partial charge on any atom is 0.165 e. The number of aromatic nitrogens is 4. The summed E-state index contributed by atoms with van der Waals surface area (Å²) in [4.78, 5) is 13.7. The van der Waals surface area contributed by atoms with E-state index in [-0.39, 0.29) is 136 Å². The predicted molar refractivity (Wildman–Crippen MR) is 131 cm³/mol. The largest absolute Gasteiger partial charge is 0.358 e. The number of imidazole rings is 1. The normalized spacial score (nSPS) is 10.1. The van der Waals surface area contributed by atoms with Gasteiger partial charge in [-0.3, -0.25) is 4.57 Å². The minimum absolute atomic E-state index is 0. The van der Waals surface area contributed by atoms with Crippen LogP contribution in [-0.4, -0.2) is 32.1 Å². The molecule has 33 heavy (non-hydrogen) atoms. The first-order valence-electron chi connectivity index (χ1n) is 9.40. The van der Waals surface area contributed by atoms with Crippen molar-refractivity contribution in [1.29, 1.82) is 0 Å². The van der Waals surface area contributed by atoms with Crippen LogP contribution in [0.25, 0.3) is 11.2 Å². The average molecular weight is 718 g/mol. The second-order valence-electron chi connectivity index (χ2n) is 5.77. The van der Waals surface area contributed by atoms with Gasteiger partial charge in [-0.15, -0.1) is 0 Å². The van der Waals surface area contributed by atoms with E-state index in [0.717, 1.165) is 41.5 Å². The molecular weight excluding hydrogens is 683 g/mol. The van der Waals surface area contributed by atoms with Gasteiger partial charge in [0, 0.05) is 118 Å². The van der Waals surface area contributed by atoms with Crippen LogP contribution in [0.15, 0.2) is 30.3 Å². The number of fused-ring (bicyclic) bond motifs is 1. The molecule has 0 saturated heterocycles. The van der Waals surface area contributed by atoms with Crippen LogP contribution in [-0.2, 0) is 120 Å². The number of hydrogen-bond donors (Lipinski definition) is 1. The fourth-order valence-corrected chi connectivity index (χ4v) is 3.14. The molecule has 0 aliphatic heterocycles. The van der Waals surface area contributed by atoms with Gasteiger partial charge in [0.1, 0.15) is 11.6 Å². The van der Waals surface area contributed by atoms with Gasteiger partial charge in [-0.25, -0.2) is 15.0 Å². The third-order valence-electron chi connectivity index (χ3n) is 3.68. The van der Waals surface area contributed by atoms with Crippen molar-refractivity contribution in [2.45, 2.75) is 33.7 Å². The van der Waals surface area contributed by atoms with E-state index in [0.29, 0.717) is 11.7 Å². The Labute approximate surface area is 279 Å². The van der Waals surface area contributed by atoms with Gasteiger partial charge in [0.05, 0.1) is 13.7 Å². The van der Waals surface area contributed by atoms with E-state index in [1.807, 2.05) is 48.7 Å². The standard InChI is InChI=1S/C16H19N5.C2H6O2P2.3CH3.3Y/c1-4-13-19-15(18-12-9-7-6-8-10-12)14-16(20-13)21(5-2)11(3)17-14;1-6(4)2-5-3;;;;;;/h6-10H,4-5H2,1-3H3,(H,18,19,20);6H,2H2,1H3;3*1H3;;;/q;;3*-1;;;/i3D;;;;;;;. The van der Waals surface area contributed by atoms with Gasteiger partial charge in [-0.1, -0.05) is 25.1 Å². The summed E-state index contributed by atoms with van der Waals surface area (Å²) in [6.45, 7) is 6.55. The summed E-state index contributed by atoms with van der Waals surface area (Å²) < 4.78 is 29.2. The zero-order valence-electron chi connectivity index (χ0n) is 21.5. The Morgan fingerprint density at radius 3 is 2.09 bits per heavy atom. The number of rotatable bonds is 6. The van der Waals surface area contributed by atoms with Gasteiger partial charge < -0.3 is 36.7 Å². The van der Waals surface area contributed by atoms with E-state index in [1.165, 1.54) is 0 Å². The minimum Gasteiger partial charge on any atom is -0.358 e. The Morgan fingerprint density at radius 1 is 1.06 bits per heavy atom. The van der Waals surface area contributed by atoms with E-state index in [4.69, 9.17) is 1.37 Å². The third kappa shape index (κ3) is 13.9. The van der Waals surface area contributed by atoms with Gasteiger partial charge in [-0.2, -0.15) is 0 Å². The maximum absolute atomic E-state index is 10.0. The van der Waals surface area contributed by atoms with Crippen LogP contribution in [0.4, 0.5) is 11.5 Å². The summed E-state index contributed by atoms with van der Waals surface area (Å²) in [6, 6.07) is 9.90. The predicted octanol–water partition coefficient (Wildman–Crippen LogP) is 6.23. The Balaban J connectivity index is -0.000000211. The Morgan fingerprint density at radius 2 is 1.67 bits per heavy atom. The van der Waals surface area contributed by atoms with Gasteiger partial charge in [0.2, 0.25) is 0 Å². The molecule has 12 heteroatoms. The van der Waals surface area contributed by atoms with Crippen molar-refractivity contribution < 1.29 is 109 Å². The first-order chi connectivity index (χ1) is 13.5. The van der Waals surface area contributed by atoms with Crippen molar-refractivity contribution in [3.8, 4) is 0 Å². The molecule has 2 heterocycles. The molecule has 1 aromatic carbocycles. The number of hydrogen-bond acceptors (Lipinski definition) is 6. The number of nitrogens with one attached hydrogen (secondary N) is 1. The summed E-state index contributed by atoms with van der Waals surface area (Å²) >= 11 is 0. The molecule has 0 spiro atoms. The van der Waals surface area contributed by atoms with E-state index >= 15 is 0 Å². The quantitative estimate of drug-likeness (QED) is 0.240. The first-order valence-corrected chi connectivity index (χ1v) is 11.8. The smallest absolute Gasteiger partial charge is 0.165 e. The molecule has 0 fully saturated rings. The monoisotopic (exact) mass is 718 g/mol. The average Bonchev–Trinajstić information content (AvgIpc) is 3.07. The molecule has 0 bridgehead atoms. The Kier molecular flexibility index (Phi) is 29.6. The summed E-state index contributed by atoms with van der Waals surface area (Å²) in [7, 11) is -1.45. The summed E-state index contributed by atoms with van der Waals surface area (Å²) in [5.41, 5.74) is 2.49. The molecule has 7 nitrogen and oxygen atoms in total. The zero-order chi connectivity index (χ0) is 20.5. The third-order valence-corrected chi connectivity index (χ3v) is 5.97. The summed E-state index contributed by atoms with van der Waals surface area (Å²) in [5, 5.41) is 3.32. The van der Waals surface area contributed by atoms with Crippen molar-refractivity contribution in [3.05, 3.63) is 64.3 Å². The van der Waals surface area contributed by atoms with Crippen molar-refractivity contribution >= 4 is 38.9 Å². The Bertz CT molecular complexity index is 966. The minimum atomic E-state index is -1.46. The number of benzene rings is 1. The topological polar surface area (TPSA) is 89.8 Å². The van der Waals surface area contributed by atoms with Gasteiger partial charge >= 0.3 is 0 Å². The molecule has 1 N–H and O–H groups in total. The molecule has 3 radical (unpaired) electrons. The SMILES string of the molecule is C[PH](=O)CP=O.[2H]Cc1nc2c(Nc3ccccc3)nc(CC)nc2n1CC.[CH3-].[CH3-].[CH3-].[Y].[Y].[Y]. The Hall–Kier alpha value is 1.21. The van der Waals surface area contributed by atoms with Crippen LogP contribution in [0.2, 0.25) is 0 Å². The van der Waals surface area contributed by atoms with Crippen molar-refractivity contribution in [3.63, 3.8) is 0 Å². The van der Waals surface area contributed by atoms with E-state index in [9.17, 15) is 9.13 Å². The van der Waals surface area contributed by atoms with E-state index in [2.05, 4.69) is 20.3 Å². The number of para-hydroxylation sites is 1. The van der Waals surface area contributed by atoms with Gasteiger partial charge in [0.15, 0.2) is 25.4 Å². The van der Waals surface area contributed by atoms with Gasteiger partial charge in [-0.05, 0) is 32.6 Å². The molecule has 177 valence electrons. The molecule has 2 aromatic heterocycles. The summed E-state index contributed by atoms with van der Waals surface area (Å²) in [6.07, 6.45) is 0.754. The molecule has 3 aromatic rings.